The summed E-state index contributed by atoms with van der Waals surface area (Å²) in [7, 11) is -3.19. The SMILES string of the molecule is CCS(=O)(=O)NCc1cc(=O)[nH][nH]1. The van der Waals surface area contributed by atoms with Crippen molar-refractivity contribution in [2.45, 2.75) is 13.5 Å². The molecule has 1 rings (SSSR count). The van der Waals surface area contributed by atoms with Gasteiger partial charge in [-0.15, -0.1) is 0 Å². The third-order valence-electron chi connectivity index (χ3n) is 1.51. The number of rotatable bonds is 4. The highest BCUT2D eigenvalue weighted by Crippen LogP contribution is 1.89. The number of hydrogen-bond acceptors (Lipinski definition) is 3. The minimum absolute atomic E-state index is 0.0294. The van der Waals surface area contributed by atoms with Gasteiger partial charge in [-0.1, -0.05) is 0 Å². The van der Waals surface area contributed by atoms with Crippen LogP contribution in [-0.4, -0.2) is 24.4 Å². The highest BCUT2D eigenvalue weighted by Gasteiger charge is 2.06. The van der Waals surface area contributed by atoms with Gasteiger partial charge in [0.05, 0.1) is 18.0 Å². The van der Waals surface area contributed by atoms with E-state index in [2.05, 4.69) is 14.9 Å². The van der Waals surface area contributed by atoms with Gasteiger partial charge in [0.1, 0.15) is 0 Å². The highest BCUT2D eigenvalue weighted by atomic mass is 32.2. The predicted molar refractivity (Wildman–Crippen MR) is 47.7 cm³/mol. The van der Waals surface area contributed by atoms with Crippen LogP contribution >= 0.6 is 0 Å². The fraction of sp³-hybridized carbons (Fsp3) is 0.500. The molecule has 0 fully saturated rings. The minimum Gasteiger partial charge on any atom is -0.301 e. The van der Waals surface area contributed by atoms with Gasteiger partial charge >= 0.3 is 0 Å². The summed E-state index contributed by atoms with van der Waals surface area (Å²) in [6.45, 7) is 1.65. The van der Waals surface area contributed by atoms with Gasteiger partial charge in [-0.2, -0.15) is 0 Å². The maximum atomic E-state index is 11.0. The molecule has 0 spiro atoms. The number of sulfonamides is 1. The predicted octanol–water partition coefficient (Wildman–Crippen LogP) is -0.858. The number of aromatic nitrogens is 2. The Labute approximate surface area is 75.4 Å². The molecular weight excluding hydrogens is 194 g/mol. The average Bonchev–Trinajstić information content (AvgIpc) is 2.48. The van der Waals surface area contributed by atoms with Crippen molar-refractivity contribution in [3.8, 4) is 0 Å². The summed E-state index contributed by atoms with van der Waals surface area (Å²) in [5, 5.41) is 4.85. The molecule has 0 aliphatic heterocycles. The van der Waals surface area contributed by atoms with Gasteiger partial charge in [0, 0.05) is 6.07 Å². The van der Waals surface area contributed by atoms with Crippen molar-refractivity contribution in [2.75, 3.05) is 5.75 Å². The summed E-state index contributed by atoms with van der Waals surface area (Å²) < 4.78 is 24.3. The van der Waals surface area contributed by atoms with Crippen molar-refractivity contribution in [3.05, 3.63) is 22.1 Å². The summed E-state index contributed by atoms with van der Waals surface area (Å²) >= 11 is 0. The largest absolute Gasteiger partial charge is 0.301 e. The van der Waals surface area contributed by atoms with E-state index < -0.39 is 10.0 Å². The van der Waals surface area contributed by atoms with Crippen LogP contribution in [0.1, 0.15) is 12.6 Å². The lowest BCUT2D eigenvalue weighted by Crippen LogP contribution is -2.24. The maximum absolute atomic E-state index is 11.0. The first-order valence-electron chi connectivity index (χ1n) is 3.77. The second-order valence-corrected chi connectivity index (χ2v) is 4.60. The lowest BCUT2D eigenvalue weighted by molar-refractivity contribution is 0.581. The van der Waals surface area contributed by atoms with E-state index in [1.54, 1.807) is 6.92 Å². The van der Waals surface area contributed by atoms with Crippen molar-refractivity contribution in [1.29, 1.82) is 0 Å². The quantitative estimate of drug-likeness (QED) is 0.597. The number of nitrogens with one attached hydrogen (secondary N) is 3. The first-order chi connectivity index (χ1) is 6.03. The van der Waals surface area contributed by atoms with Gasteiger partial charge in [0.25, 0.3) is 5.56 Å². The molecule has 0 aliphatic carbocycles. The third-order valence-corrected chi connectivity index (χ3v) is 2.86. The molecule has 0 saturated heterocycles. The molecule has 7 heteroatoms. The zero-order chi connectivity index (χ0) is 9.90. The van der Waals surface area contributed by atoms with E-state index >= 15 is 0 Å². The van der Waals surface area contributed by atoms with Gasteiger partial charge in [-0.3, -0.25) is 9.89 Å². The first kappa shape index (κ1) is 10.0. The van der Waals surface area contributed by atoms with Crippen LogP contribution in [0.3, 0.4) is 0 Å². The van der Waals surface area contributed by atoms with Crippen LogP contribution in [-0.2, 0) is 16.6 Å². The molecule has 1 aromatic rings. The van der Waals surface area contributed by atoms with Crippen LogP contribution in [0.4, 0.5) is 0 Å². The Kier molecular flexibility index (Phi) is 2.89. The van der Waals surface area contributed by atoms with E-state index in [1.165, 1.54) is 6.07 Å². The molecule has 0 radical (unpaired) electrons. The van der Waals surface area contributed by atoms with Crippen molar-refractivity contribution >= 4 is 10.0 Å². The number of aromatic amines is 2. The second kappa shape index (κ2) is 3.75. The van der Waals surface area contributed by atoms with E-state index in [4.69, 9.17) is 0 Å². The van der Waals surface area contributed by atoms with Gasteiger partial charge < -0.3 is 5.10 Å². The van der Waals surface area contributed by atoms with Gasteiger partial charge in [-0.25, -0.2) is 13.1 Å². The minimum atomic E-state index is -3.19. The van der Waals surface area contributed by atoms with E-state index in [0.717, 1.165) is 0 Å². The molecule has 74 valence electrons. The molecule has 3 N–H and O–H groups in total. The van der Waals surface area contributed by atoms with E-state index in [9.17, 15) is 13.2 Å². The van der Waals surface area contributed by atoms with E-state index in [0.29, 0.717) is 5.69 Å². The smallest absolute Gasteiger partial charge is 0.264 e. The fourth-order valence-corrected chi connectivity index (χ4v) is 1.34. The Morgan fingerprint density at radius 1 is 1.46 bits per heavy atom. The molecule has 6 nitrogen and oxygen atoms in total. The van der Waals surface area contributed by atoms with Crippen molar-refractivity contribution in [3.63, 3.8) is 0 Å². The second-order valence-electron chi connectivity index (χ2n) is 2.51. The molecule has 1 aromatic heterocycles. The Morgan fingerprint density at radius 3 is 2.62 bits per heavy atom. The molecule has 0 aromatic carbocycles. The zero-order valence-electron chi connectivity index (χ0n) is 7.12. The Bertz CT molecular complexity index is 416. The summed E-state index contributed by atoms with van der Waals surface area (Å²) in [4.78, 5) is 10.6. The highest BCUT2D eigenvalue weighted by molar-refractivity contribution is 7.89. The van der Waals surface area contributed by atoms with Crippen molar-refractivity contribution in [1.82, 2.24) is 14.9 Å². The Hall–Kier alpha value is -1.08. The summed E-state index contributed by atoms with van der Waals surface area (Å²) in [6.07, 6.45) is 0. The average molecular weight is 205 g/mol. The summed E-state index contributed by atoms with van der Waals surface area (Å²) in [6, 6.07) is 1.30. The zero-order valence-corrected chi connectivity index (χ0v) is 7.94. The van der Waals surface area contributed by atoms with Crippen LogP contribution in [0.15, 0.2) is 10.9 Å². The van der Waals surface area contributed by atoms with Crippen molar-refractivity contribution in [2.24, 2.45) is 0 Å². The number of H-pyrrole nitrogens is 2. The molecule has 0 unspecified atom stereocenters. The van der Waals surface area contributed by atoms with Crippen molar-refractivity contribution < 1.29 is 8.42 Å². The van der Waals surface area contributed by atoms with Gasteiger partial charge in [0.15, 0.2) is 0 Å². The lowest BCUT2D eigenvalue weighted by Gasteiger charge is -2.00. The normalized spacial score (nSPS) is 11.8. The monoisotopic (exact) mass is 205 g/mol. The fourth-order valence-electron chi connectivity index (χ4n) is 0.757. The Morgan fingerprint density at radius 2 is 2.15 bits per heavy atom. The van der Waals surface area contributed by atoms with Gasteiger partial charge in [-0.05, 0) is 6.92 Å². The molecule has 0 bridgehead atoms. The van der Waals surface area contributed by atoms with Gasteiger partial charge in [0.2, 0.25) is 10.0 Å². The topological polar surface area (TPSA) is 94.8 Å². The van der Waals surface area contributed by atoms with E-state index in [-0.39, 0.29) is 17.9 Å². The molecule has 0 saturated carbocycles. The summed E-state index contributed by atoms with van der Waals surface area (Å²) in [5.41, 5.74) is 0.243. The Balaban J connectivity index is 2.58. The molecular formula is C6H11N3O3S. The molecule has 0 amide bonds. The third kappa shape index (κ3) is 3.03. The maximum Gasteiger partial charge on any atom is 0.264 e. The molecule has 0 atom stereocenters. The van der Waals surface area contributed by atoms with Crippen LogP contribution in [0.2, 0.25) is 0 Å². The van der Waals surface area contributed by atoms with Crippen LogP contribution in [0, 0.1) is 0 Å². The van der Waals surface area contributed by atoms with E-state index in [1.807, 2.05) is 0 Å². The van der Waals surface area contributed by atoms with Crippen LogP contribution < -0.4 is 10.3 Å². The van der Waals surface area contributed by atoms with Crippen LogP contribution in [0.25, 0.3) is 0 Å². The first-order valence-corrected chi connectivity index (χ1v) is 5.42. The molecule has 0 aliphatic rings. The van der Waals surface area contributed by atoms with Crippen LogP contribution in [0.5, 0.6) is 0 Å². The standard InChI is InChI=1S/C6H11N3O3S/c1-2-13(11,12)7-4-5-3-6(10)9-8-5/h3,7H,2,4H2,1H3,(H2,8,9,10). The lowest BCUT2D eigenvalue weighted by atomic mass is 10.4. The molecule has 1 heterocycles. The number of hydrogen-bond donors (Lipinski definition) is 3. The summed E-state index contributed by atoms with van der Waals surface area (Å²) in [5.74, 6) is 0.0294. The molecule has 13 heavy (non-hydrogen) atoms.